The lowest BCUT2D eigenvalue weighted by Crippen LogP contribution is -2.03. The van der Waals surface area contributed by atoms with Gasteiger partial charge in [-0.3, -0.25) is 4.79 Å². The standard InChI is InChI=1S/C14H16O3S/c1-11(15)18-10-6-5-8-12-7-3-4-9-13(12)14(16)17-2/h3-5,7-9H,6,10H2,1-2H3. The van der Waals surface area contributed by atoms with Gasteiger partial charge in [-0.1, -0.05) is 42.1 Å². The van der Waals surface area contributed by atoms with Crippen LogP contribution in [0.5, 0.6) is 0 Å². The van der Waals surface area contributed by atoms with Gasteiger partial charge in [0.15, 0.2) is 5.12 Å². The molecule has 18 heavy (non-hydrogen) atoms. The maximum Gasteiger partial charge on any atom is 0.338 e. The molecule has 1 rings (SSSR count). The van der Waals surface area contributed by atoms with E-state index in [1.54, 1.807) is 19.1 Å². The third-order valence-corrected chi connectivity index (χ3v) is 3.10. The summed E-state index contributed by atoms with van der Waals surface area (Å²) in [6, 6.07) is 7.27. The zero-order valence-electron chi connectivity index (χ0n) is 10.5. The minimum atomic E-state index is -0.339. The molecule has 4 heteroatoms. The molecule has 0 heterocycles. The van der Waals surface area contributed by atoms with Gasteiger partial charge in [0.05, 0.1) is 12.7 Å². The number of hydrogen-bond donors (Lipinski definition) is 0. The summed E-state index contributed by atoms with van der Waals surface area (Å²) in [4.78, 5) is 22.2. The molecule has 3 nitrogen and oxygen atoms in total. The van der Waals surface area contributed by atoms with Crippen LogP contribution in [0.3, 0.4) is 0 Å². The Morgan fingerprint density at radius 1 is 1.33 bits per heavy atom. The van der Waals surface area contributed by atoms with Gasteiger partial charge in [-0.25, -0.2) is 4.79 Å². The van der Waals surface area contributed by atoms with Crippen LogP contribution in [0.25, 0.3) is 6.08 Å². The maximum absolute atomic E-state index is 11.5. The van der Waals surface area contributed by atoms with Gasteiger partial charge >= 0.3 is 5.97 Å². The normalized spacial score (nSPS) is 10.6. The summed E-state index contributed by atoms with van der Waals surface area (Å²) in [6.07, 6.45) is 4.63. The molecule has 1 aromatic carbocycles. The van der Waals surface area contributed by atoms with Crippen molar-refractivity contribution in [2.45, 2.75) is 13.3 Å². The van der Waals surface area contributed by atoms with Gasteiger partial charge in [0.25, 0.3) is 0 Å². The van der Waals surface area contributed by atoms with Crippen LogP contribution in [-0.4, -0.2) is 23.9 Å². The Balaban J connectivity index is 2.63. The summed E-state index contributed by atoms with van der Waals surface area (Å²) in [7, 11) is 1.37. The van der Waals surface area contributed by atoms with Gasteiger partial charge in [0.2, 0.25) is 0 Å². The first-order valence-corrected chi connectivity index (χ1v) is 6.61. The van der Waals surface area contributed by atoms with Crippen LogP contribution in [0, 0.1) is 0 Å². The van der Waals surface area contributed by atoms with E-state index in [1.807, 2.05) is 24.3 Å². The monoisotopic (exact) mass is 264 g/mol. The predicted octanol–water partition coefficient (Wildman–Crippen LogP) is 3.16. The van der Waals surface area contributed by atoms with E-state index >= 15 is 0 Å². The van der Waals surface area contributed by atoms with Crippen molar-refractivity contribution in [3.8, 4) is 0 Å². The van der Waals surface area contributed by atoms with Crippen molar-refractivity contribution in [2.24, 2.45) is 0 Å². The largest absolute Gasteiger partial charge is 0.465 e. The highest BCUT2D eigenvalue weighted by molar-refractivity contribution is 8.13. The third-order valence-electron chi connectivity index (χ3n) is 2.25. The van der Waals surface area contributed by atoms with Crippen LogP contribution in [-0.2, 0) is 9.53 Å². The fraction of sp³-hybridized carbons (Fsp3) is 0.286. The summed E-state index contributed by atoms with van der Waals surface area (Å²) in [5.74, 6) is 0.417. The van der Waals surface area contributed by atoms with Crippen LogP contribution >= 0.6 is 11.8 Å². The SMILES string of the molecule is COC(=O)c1ccccc1C=CCCSC(C)=O. The van der Waals surface area contributed by atoms with Gasteiger partial charge in [-0.05, 0) is 18.1 Å². The van der Waals surface area contributed by atoms with Gasteiger partial charge in [-0.2, -0.15) is 0 Å². The molecule has 96 valence electrons. The van der Waals surface area contributed by atoms with E-state index in [4.69, 9.17) is 4.74 Å². The number of benzene rings is 1. The highest BCUT2D eigenvalue weighted by atomic mass is 32.2. The second kappa shape index (κ2) is 7.71. The van der Waals surface area contributed by atoms with E-state index in [0.29, 0.717) is 5.56 Å². The summed E-state index contributed by atoms with van der Waals surface area (Å²) in [5, 5.41) is 0.123. The Hall–Kier alpha value is -1.55. The number of carbonyl (C=O) groups is 2. The second-order valence-electron chi connectivity index (χ2n) is 3.61. The van der Waals surface area contributed by atoms with Gasteiger partial charge in [0.1, 0.15) is 0 Å². The van der Waals surface area contributed by atoms with E-state index in [0.717, 1.165) is 17.7 Å². The first-order chi connectivity index (χ1) is 8.65. The highest BCUT2D eigenvalue weighted by Gasteiger charge is 2.07. The zero-order chi connectivity index (χ0) is 13.4. The molecule has 0 spiro atoms. The molecule has 0 bridgehead atoms. The molecular formula is C14H16O3S. The third kappa shape index (κ3) is 4.75. The van der Waals surface area contributed by atoms with E-state index in [-0.39, 0.29) is 11.1 Å². The number of carbonyl (C=O) groups excluding carboxylic acids is 2. The zero-order valence-corrected chi connectivity index (χ0v) is 11.3. The second-order valence-corrected chi connectivity index (χ2v) is 4.88. The molecule has 0 atom stereocenters. The molecule has 0 amide bonds. The molecule has 0 saturated heterocycles. The Labute approximate surface area is 111 Å². The van der Waals surface area contributed by atoms with Crippen LogP contribution in [0.1, 0.15) is 29.3 Å². The van der Waals surface area contributed by atoms with Crippen LogP contribution in [0.4, 0.5) is 0 Å². The summed E-state index contributed by atoms with van der Waals surface area (Å²) in [5.41, 5.74) is 1.38. The number of methoxy groups -OCH3 is 1. The minimum absolute atomic E-state index is 0.123. The molecule has 0 radical (unpaired) electrons. The van der Waals surface area contributed by atoms with Crippen LogP contribution in [0.15, 0.2) is 30.3 Å². The van der Waals surface area contributed by atoms with Crippen molar-refractivity contribution in [1.29, 1.82) is 0 Å². The van der Waals surface area contributed by atoms with Gasteiger partial charge < -0.3 is 4.74 Å². The minimum Gasteiger partial charge on any atom is -0.465 e. The maximum atomic E-state index is 11.5. The van der Waals surface area contributed by atoms with Gasteiger partial charge in [-0.15, -0.1) is 0 Å². The summed E-state index contributed by atoms with van der Waals surface area (Å²) < 4.78 is 4.71. The number of allylic oxidation sites excluding steroid dienone is 1. The average molecular weight is 264 g/mol. The first-order valence-electron chi connectivity index (χ1n) is 5.62. The topological polar surface area (TPSA) is 43.4 Å². The molecular weight excluding hydrogens is 248 g/mol. The van der Waals surface area contributed by atoms with Crippen molar-refractivity contribution in [3.63, 3.8) is 0 Å². The van der Waals surface area contributed by atoms with Crippen molar-refractivity contribution >= 4 is 28.9 Å². The Morgan fingerprint density at radius 3 is 2.72 bits per heavy atom. The summed E-state index contributed by atoms with van der Waals surface area (Å²) >= 11 is 1.30. The Morgan fingerprint density at radius 2 is 2.06 bits per heavy atom. The smallest absolute Gasteiger partial charge is 0.338 e. The summed E-state index contributed by atoms with van der Waals surface area (Å²) in [6.45, 7) is 1.56. The fourth-order valence-corrected chi connectivity index (χ4v) is 1.96. The number of thioether (sulfide) groups is 1. The quantitative estimate of drug-likeness (QED) is 0.605. The van der Waals surface area contributed by atoms with Gasteiger partial charge in [0, 0.05) is 12.7 Å². The molecule has 0 unspecified atom stereocenters. The molecule has 0 aromatic heterocycles. The lowest BCUT2D eigenvalue weighted by molar-refractivity contribution is -0.109. The molecule has 0 aliphatic heterocycles. The van der Waals surface area contributed by atoms with Crippen LogP contribution in [0.2, 0.25) is 0 Å². The van der Waals surface area contributed by atoms with Crippen molar-refractivity contribution < 1.29 is 14.3 Å². The molecule has 0 aliphatic rings. The Bertz CT molecular complexity index is 452. The molecule has 0 aliphatic carbocycles. The van der Waals surface area contributed by atoms with Crippen LogP contribution < -0.4 is 0 Å². The predicted molar refractivity (Wildman–Crippen MR) is 74.6 cm³/mol. The highest BCUT2D eigenvalue weighted by Crippen LogP contribution is 2.13. The van der Waals surface area contributed by atoms with Crippen molar-refractivity contribution in [3.05, 3.63) is 41.5 Å². The number of hydrogen-bond acceptors (Lipinski definition) is 4. The Kier molecular flexibility index (Phi) is 6.22. The molecule has 0 N–H and O–H groups in total. The number of esters is 1. The molecule has 0 saturated carbocycles. The van der Waals surface area contributed by atoms with E-state index < -0.39 is 0 Å². The van der Waals surface area contributed by atoms with E-state index in [2.05, 4.69) is 0 Å². The average Bonchev–Trinajstić information content (AvgIpc) is 2.37. The lowest BCUT2D eigenvalue weighted by atomic mass is 10.1. The lowest BCUT2D eigenvalue weighted by Gasteiger charge is -2.03. The number of rotatable bonds is 5. The fourth-order valence-electron chi connectivity index (χ4n) is 1.42. The van der Waals surface area contributed by atoms with E-state index in [1.165, 1.54) is 18.9 Å². The van der Waals surface area contributed by atoms with E-state index in [9.17, 15) is 9.59 Å². The number of ether oxygens (including phenoxy) is 1. The molecule has 0 fully saturated rings. The molecule has 1 aromatic rings. The van der Waals surface area contributed by atoms with Crippen molar-refractivity contribution in [1.82, 2.24) is 0 Å². The first kappa shape index (κ1) is 14.5. The van der Waals surface area contributed by atoms with Crippen molar-refractivity contribution in [2.75, 3.05) is 12.9 Å².